The van der Waals surface area contributed by atoms with Crippen LogP contribution in [0, 0.1) is 5.82 Å². The molecule has 0 fully saturated rings. The fourth-order valence-corrected chi connectivity index (χ4v) is 2.10. The predicted octanol–water partition coefficient (Wildman–Crippen LogP) is 3.04. The minimum Gasteiger partial charge on any atom is -0.392 e. The van der Waals surface area contributed by atoms with Crippen molar-refractivity contribution in [1.82, 2.24) is 5.32 Å². The number of nitrogens with one attached hydrogen (secondary N) is 1. The molecule has 2 N–H and O–H groups in total. The summed E-state index contributed by atoms with van der Waals surface area (Å²) in [7, 11) is 0. The molecule has 2 nitrogen and oxygen atoms in total. The van der Waals surface area contributed by atoms with Gasteiger partial charge in [0.25, 0.3) is 0 Å². The van der Waals surface area contributed by atoms with E-state index in [1.807, 2.05) is 36.4 Å². The van der Waals surface area contributed by atoms with Crippen LogP contribution in [-0.2, 0) is 19.6 Å². The van der Waals surface area contributed by atoms with Gasteiger partial charge in [0.2, 0.25) is 0 Å². The maximum Gasteiger partial charge on any atom is 0.123 e. The number of hydrogen-bond donors (Lipinski definition) is 2. The average Bonchev–Trinajstić information content (AvgIpc) is 2.48. The predicted molar refractivity (Wildman–Crippen MR) is 78.8 cm³/mol. The van der Waals surface area contributed by atoms with Gasteiger partial charge in [0.15, 0.2) is 0 Å². The monoisotopic (exact) mass is 273 g/mol. The van der Waals surface area contributed by atoms with E-state index < -0.39 is 0 Å². The first kappa shape index (κ1) is 14.7. The van der Waals surface area contributed by atoms with Crippen LogP contribution in [0.25, 0.3) is 0 Å². The van der Waals surface area contributed by atoms with Crippen molar-refractivity contribution in [3.63, 3.8) is 0 Å². The lowest BCUT2D eigenvalue weighted by molar-refractivity contribution is 0.282. The molecular weight excluding hydrogens is 253 g/mol. The molecular formula is C17H20FNO. The molecule has 20 heavy (non-hydrogen) atoms. The summed E-state index contributed by atoms with van der Waals surface area (Å²) in [5.74, 6) is -0.196. The van der Waals surface area contributed by atoms with Gasteiger partial charge < -0.3 is 10.4 Å². The summed E-state index contributed by atoms with van der Waals surface area (Å²) < 4.78 is 12.8. The van der Waals surface area contributed by atoms with Crippen LogP contribution in [0.2, 0.25) is 0 Å². The zero-order chi connectivity index (χ0) is 14.4. The second kappa shape index (κ2) is 7.17. The Kier molecular flexibility index (Phi) is 5.27. The van der Waals surface area contributed by atoms with E-state index in [2.05, 4.69) is 12.2 Å². The van der Waals surface area contributed by atoms with E-state index in [0.29, 0.717) is 6.04 Å². The van der Waals surface area contributed by atoms with Crippen molar-refractivity contribution in [3.05, 3.63) is 71.0 Å². The van der Waals surface area contributed by atoms with E-state index in [9.17, 15) is 4.39 Å². The molecule has 1 unspecified atom stereocenters. The maximum absolute atomic E-state index is 12.8. The minimum absolute atomic E-state index is 0.0781. The molecule has 0 radical (unpaired) electrons. The van der Waals surface area contributed by atoms with Crippen LogP contribution in [0.3, 0.4) is 0 Å². The van der Waals surface area contributed by atoms with Crippen LogP contribution in [0.5, 0.6) is 0 Å². The lowest BCUT2D eigenvalue weighted by atomic mass is 10.1. The Hall–Kier alpha value is -1.71. The van der Waals surface area contributed by atoms with Crippen molar-refractivity contribution in [2.75, 3.05) is 0 Å². The summed E-state index contributed by atoms with van der Waals surface area (Å²) in [4.78, 5) is 0. The summed E-state index contributed by atoms with van der Waals surface area (Å²) in [6.07, 6.45) is 0.870. The van der Waals surface area contributed by atoms with Crippen LogP contribution >= 0.6 is 0 Å². The van der Waals surface area contributed by atoms with Gasteiger partial charge in [0.1, 0.15) is 5.82 Å². The molecule has 0 aromatic heterocycles. The van der Waals surface area contributed by atoms with Crippen molar-refractivity contribution >= 4 is 0 Å². The van der Waals surface area contributed by atoms with Crippen LogP contribution in [0.1, 0.15) is 23.6 Å². The Morgan fingerprint density at radius 2 is 1.50 bits per heavy atom. The molecule has 0 bridgehead atoms. The second-order valence-electron chi connectivity index (χ2n) is 5.09. The largest absolute Gasteiger partial charge is 0.392 e. The third-order valence-electron chi connectivity index (χ3n) is 3.32. The van der Waals surface area contributed by atoms with Gasteiger partial charge in [0.05, 0.1) is 6.61 Å². The summed E-state index contributed by atoms with van der Waals surface area (Å²) in [6, 6.07) is 14.9. The summed E-state index contributed by atoms with van der Waals surface area (Å²) in [5.41, 5.74) is 3.24. The van der Waals surface area contributed by atoms with E-state index in [4.69, 9.17) is 5.11 Å². The van der Waals surface area contributed by atoms with Gasteiger partial charge in [0, 0.05) is 12.6 Å². The SMILES string of the molecule is CC(Cc1ccc(F)cc1)NCc1ccc(CO)cc1. The molecule has 2 aromatic rings. The highest BCUT2D eigenvalue weighted by Gasteiger charge is 2.03. The molecule has 0 saturated heterocycles. The van der Waals surface area contributed by atoms with Gasteiger partial charge in [-0.1, -0.05) is 36.4 Å². The third kappa shape index (κ3) is 4.44. The van der Waals surface area contributed by atoms with Gasteiger partial charge in [-0.3, -0.25) is 0 Å². The molecule has 0 aliphatic rings. The topological polar surface area (TPSA) is 32.3 Å². The van der Waals surface area contributed by atoms with Gasteiger partial charge in [-0.05, 0) is 42.2 Å². The molecule has 0 heterocycles. The summed E-state index contributed by atoms with van der Waals surface area (Å²) in [6.45, 7) is 2.98. The standard InChI is InChI=1S/C17H20FNO/c1-13(10-14-6-8-17(18)9-7-14)19-11-15-2-4-16(12-20)5-3-15/h2-9,13,19-20H,10-12H2,1H3. The van der Waals surface area contributed by atoms with Crippen molar-refractivity contribution in [3.8, 4) is 0 Å². The van der Waals surface area contributed by atoms with Gasteiger partial charge >= 0.3 is 0 Å². The van der Waals surface area contributed by atoms with Crippen molar-refractivity contribution < 1.29 is 9.50 Å². The fourth-order valence-electron chi connectivity index (χ4n) is 2.10. The fraction of sp³-hybridized carbons (Fsp3) is 0.294. The quantitative estimate of drug-likeness (QED) is 0.848. The van der Waals surface area contributed by atoms with Crippen LogP contribution in [0.15, 0.2) is 48.5 Å². The van der Waals surface area contributed by atoms with E-state index in [-0.39, 0.29) is 12.4 Å². The van der Waals surface area contributed by atoms with Crippen LogP contribution in [-0.4, -0.2) is 11.1 Å². The molecule has 0 aliphatic carbocycles. The van der Waals surface area contributed by atoms with Crippen LogP contribution in [0.4, 0.5) is 4.39 Å². The Labute approximate surface area is 119 Å². The first-order valence-corrected chi connectivity index (χ1v) is 6.84. The second-order valence-corrected chi connectivity index (χ2v) is 5.09. The number of benzene rings is 2. The lowest BCUT2D eigenvalue weighted by Gasteiger charge is -2.14. The molecule has 0 amide bonds. The molecule has 1 atom stereocenters. The molecule has 106 valence electrons. The summed E-state index contributed by atoms with van der Waals surface area (Å²) in [5, 5.41) is 12.4. The zero-order valence-corrected chi connectivity index (χ0v) is 11.6. The summed E-state index contributed by atoms with van der Waals surface area (Å²) >= 11 is 0. The maximum atomic E-state index is 12.8. The molecule has 0 aliphatic heterocycles. The molecule has 2 aromatic carbocycles. The molecule has 0 saturated carbocycles. The number of rotatable bonds is 6. The highest BCUT2D eigenvalue weighted by Crippen LogP contribution is 2.07. The first-order valence-electron chi connectivity index (χ1n) is 6.84. The van der Waals surface area contributed by atoms with E-state index in [1.54, 1.807) is 0 Å². The van der Waals surface area contributed by atoms with E-state index in [1.165, 1.54) is 17.7 Å². The van der Waals surface area contributed by atoms with E-state index >= 15 is 0 Å². The third-order valence-corrected chi connectivity index (χ3v) is 3.32. The molecule has 3 heteroatoms. The van der Waals surface area contributed by atoms with Gasteiger partial charge in [-0.25, -0.2) is 4.39 Å². The van der Waals surface area contributed by atoms with Crippen molar-refractivity contribution in [2.45, 2.75) is 32.5 Å². The number of halogens is 1. The zero-order valence-electron chi connectivity index (χ0n) is 11.6. The number of hydrogen-bond acceptors (Lipinski definition) is 2. The highest BCUT2D eigenvalue weighted by molar-refractivity contribution is 5.22. The highest BCUT2D eigenvalue weighted by atomic mass is 19.1. The van der Waals surface area contributed by atoms with Crippen LogP contribution < -0.4 is 5.32 Å². The average molecular weight is 273 g/mol. The van der Waals surface area contributed by atoms with Gasteiger partial charge in [-0.2, -0.15) is 0 Å². The Balaban J connectivity index is 1.82. The lowest BCUT2D eigenvalue weighted by Crippen LogP contribution is -2.27. The minimum atomic E-state index is -0.196. The number of aliphatic hydroxyl groups excluding tert-OH is 1. The van der Waals surface area contributed by atoms with E-state index in [0.717, 1.165) is 24.1 Å². The Morgan fingerprint density at radius 3 is 2.10 bits per heavy atom. The Bertz CT molecular complexity index is 522. The normalized spacial score (nSPS) is 12.3. The smallest absolute Gasteiger partial charge is 0.123 e. The van der Waals surface area contributed by atoms with Crippen molar-refractivity contribution in [2.24, 2.45) is 0 Å². The Morgan fingerprint density at radius 1 is 0.950 bits per heavy atom. The molecule has 2 rings (SSSR count). The van der Waals surface area contributed by atoms with Gasteiger partial charge in [-0.15, -0.1) is 0 Å². The number of aliphatic hydroxyl groups is 1. The van der Waals surface area contributed by atoms with Crippen molar-refractivity contribution in [1.29, 1.82) is 0 Å². The molecule has 0 spiro atoms. The first-order chi connectivity index (χ1) is 9.67.